The number of benzene rings is 2. The van der Waals surface area contributed by atoms with Crippen LogP contribution in [0.25, 0.3) is 0 Å². The van der Waals surface area contributed by atoms with Crippen LogP contribution in [0.5, 0.6) is 0 Å². The fraction of sp³-hybridized carbons (Fsp3) is 0.0526. The average molecular weight is 381 g/mol. The van der Waals surface area contributed by atoms with E-state index in [1.54, 1.807) is 49.5 Å². The van der Waals surface area contributed by atoms with Crippen molar-refractivity contribution in [2.75, 3.05) is 17.3 Å². The fourth-order valence-electron chi connectivity index (χ4n) is 2.53. The highest BCUT2D eigenvalue weighted by molar-refractivity contribution is 7.12. The third-order valence-corrected chi connectivity index (χ3v) is 4.72. The van der Waals surface area contributed by atoms with Gasteiger partial charge in [0.25, 0.3) is 17.5 Å². The zero-order chi connectivity index (χ0) is 19.4. The van der Waals surface area contributed by atoms with Gasteiger partial charge in [0.05, 0.1) is 21.1 Å². The molecule has 0 unspecified atom stereocenters. The Hall–Kier alpha value is -3.52. The van der Waals surface area contributed by atoms with E-state index in [-0.39, 0.29) is 17.2 Å². The van der Waals surface area contributed by atoms with Crippen LogP contribution < -0.4 is 10.2 Å². The number of nitro groups is 1. The summed E-state index contributed by atoms with van der Waals surface area (Å²) in [6.45, 7) is 0. The Morgan fingerprint density at radius 1 is 1.07 bits per heavy atom. The van der Waals surface area contributed by atoms with Crippen LogP contribution in [0.4, 0.5) is 17.1 Å². The fourth-order valence-corrected chi connectivity index (χ4v) is 3.23. The van der Waals surface area contributed by atoms with Crippen molar-refractivity contribution in [2.24, 2.45) is 0 Å². The first-order chi connectivity index (χ1) is 13.0. The number of carbonyl (C=O) groups excluding carboxylic acids is 2. The Morgan fingerprint density at radius 2 is 1.85 bits per heavy atom. The molecule has 136 valence electrons. The monoisotopic (exact) mass is 381 g/mol. The summed E-state index contributed by atoms with van der Waals surface area (Å²) >= 11 is 1.32. The molecule has 7 nitrogen and oxygen atoms in total. The second-order valence-corrected chi connectivity index (χ2v) is 6.57. The zero-order valence-corrected chi connectivity index (χ0v) is 15.1. The molecule has 1 heterocycles. The number of anilines is 2. The Morgan fingerprint density at radius 3 is 2.56 bits per heavy atom. The molecule has 27 heavy (non-hydrogen) atoms. The van der Waals surface area contributed by atoms with E-state index in [1.807, 2.05) is 5.38 Å². The van der Waals surface area contributed by atoms with Gasteiger partial charge < -0.3 is 10.2 Å². The normalized spacial score (nSPS) is 10.3. The van der Waals surface area contributed by atoms with Crippen LogP contribution in [-0.4, -0.2) is 23.8 Å². The lowest BCUT2D eigenvalue weighted by Gasteiger charge is -2.19. The van der Waals surface area contributed by atoms with Gasteiger partial charge in [-0.2, -0.15) is 0 Å². The molecule has 2 aromatic carbocycles. The van der Waals surface area contributed by atoms with Crippen molar-refractivity contribution < 1.29 is 14.5 Å². The molecule has 2 amide bonds. The highest BCUT2D eigenvalue weighted by Crippen LogP contribution is 2.24. The van der Waals surface area contributed by atoms with Crippen molar-refractivity contribution in [2.45, 2.75) is 0 Å². The molecule has 0 saturated heterocycles. The molecule has 0 aliphatic carbocycles. The van der Waals surface area contributed by atoms with Gasteiger partial charge in [-0.05, 0) is 29.6 Å². The van der Waals surface area contributed by atoms with Crippen LogP contribution in [0.1, 0.15) is 20.0 Å². The van der Waals surface area contributed by atoms with E-state index in [0.717, 1.165) is 0 Å². The SMILES string of the molecule is CN(C(=O)c1cccs1)c1ccccc1C(=O)Nc1cccc([N+](=O)[O-])c1. The van der Waals surface area contributed by atoms with Crippen LogP contribution >= 0.6 is 11.3 Å². The number of rotatable bonds is 5. The number of nitrogens with zero attached hydrogens (tertiary/aromatic N) is 2. The standard InChI is InChI=1S/C19H15N3O4S/c1-21(19(24)17-10-5-11-27-17)16-9-3-2-8-15(16)18(23)20-13-6-4-7-14(12-13)22(25)26/h2-12H,1H3,(H,20,23). The van der Waals surface area contributed by atoms with Crippen molar-refractivity contribution in [3.8, 4) is 0 Å². The van der Waals surface area contributed by atoms with Gasteiger partial charge in [-0.1, -0.05) is 24.3 Å². The second kappa shape index (κ2) is 7.79. The molecule has 0 radical (unpaired) electrons. The van der Waals surface area contributed by atoms with Crippen molar-refractivity contribution in [3.05, 3.63) is 86.6 Å². The highest BCUT2D eigenvalue weighted by atomic mass is 32.1. The van der Waals surface area contributed by atoms with Gasteiger partial charge in [-0.25, -0.2) is 0 Å². The van der Waals surface area contributed by atoms with Crippen LogP contribution in [0.15, 0.2) is 66.0 Å². The lowest BCUT2D eigenvalue weighted by atomic mass is 10.1. The van der Waals surface area contributed by atoms with Gasteiger partial charge in [0.15, 0.2) is 0 Å². The molecule has 0 bridgehead atoms. The van der Waals surface area contributed by atoms with Crippen LogP contribution in [0.3, 0.4) is 0 Å². The maximum Gasteiger partial charge on any atom is 0.271 e. The van der Waals surface area contributed by atoms with Crippen LogP contribution in [-0.2, 0) is 0 Å². The number of non-ortho nitro benzene ring substituents is 1. The summed E-state index contributed by atoms with van der Waals surface area (Å²) < 4.78 is 0. The molecule has 0 fully saturated rings. The topological polar surface area (TPSA) is 92.6 Å². The molecule has 1 N–H and O–H groups in total. The minimum atomic E-state index is -0.531. The molecule has 1 aromatic heterocycles. The van der Waals surface area contributed by atoms with E-state index in [2.05, 4.69) is 5.32 Å². The lowest BCUT2D eigenvalue weighted by Crippen LogP contribution is -2.28. The first-order valence-electron chi connectivity index (χ1n) is 7.94. The molecular weight excluding hydrogens is 366 g/mol. The van der Waals surface area contributed by atoms with Gasteiger partial charge in [0, 0.05) is 24.9 Å². The first kappa shape index (κ1) is 18.3. The summed E-state index contributed by atoms with van der Waals surface area (Å²) in [5.41, 5.74) is 0.914. The number of para-hydroxylation sites is 1. The van der Waals surface area contributed by atoms with E-state index in [9.17, 15) is 19.7 Å². The zero-order valence-electron chi connectivity index (χ0n) is 14.3. The van der Waals surface area contributed by atoms with Gasteiger partial charge in [0.2, 0.25) is 0 Å². The van der Waals surface area contributed by atoms with E-state index in [1.165, 1.54) is 34.4 Å². The number of hydrogen-bond acceptors (Lipinski definition) is 5. The molecule has 0 spiro atoms. The molecular formula is C19H15N3O4S. The van der Waals surface area contributed by atoms with E-state index < -0.39 is 10.8 Å². The smallest absolute Gasteiger partial charge is 0.271 e. The third-order valence-electron chi connectivity index (χ3n) is 3.86. The van der Waals surface area contributed by atoms with Gasteiger partial charge in [-0.3, -0.25) is 19.7 Å². The third kappa shape index (κ3) is 4.01. The minimum Gasteiger partial charge on any atom is -0.322 e. The molecule has 0 aliphatic heterocycles. The van der Waals surface area contributed by atoms with Crippen LogP contribution in [0.2, 0.25) is 0 Å². The number of thiophene rings is 1. The predicted molar refractivity (Wildman–Crippen MR) is 105 cm³/mol. The number of nitrogens with one attached hydrogen (secondary N) is 1. The van der Waals surface area contributed by atoms with E-state index in [0.29, 0.717) is 16.3 Å². The summed E-state index contributed by atoms with van der Waals surface area (Å²) in [5.74, 6) is -0.683. The Kier molecular flexibility index (Phi) is 5.28. The maximum absolute atomic E-state index is 12.7. The second-order valence-electron chi connectivity index (χ2n) is 5.62. The molecule has 0 aliphatic rings. The van der Waals surface area contributed by atoms with Crippen molar-refractivity contribution >= 4 is 40.2 Å². The Bertz CT molecular complexity index is 1000. The van der Waals surface area contributed by atoms with Crippen LogP contribution in [0, 0.1) is 10.1 Å². The first-order valence-corrected chi connectivity index (χ1v) is 8.81. The average Bonchev–Trinajstić information content (AvgIpc) is 3.21. The lowest BCUT2D eigenvalue weighted by molar-refractivity contribution is -0.384. The number of nitro benzene ring substituents is 1. The van der Waals surface area contributed by atoms with Crippen molar-refractivity contribution in [3.63, 3.8) is 0 Å². The van der Waals surface area contributed by atoms with Crippen molar-refractivity contribution in [1.29, 1.82) is 0 Å². The van der Waals surface area contributed by atoms with E-state index >= 15 is 0 Å². The molecule has 3 rings (SSSR count). The minimum absolute atomic E-state index is 0.119. The summed E-state index contributed by atoms with van der Waals surface area (Å²) in [5, 5.41) is 15.3. The maximum atomic E-state index is 12.7. The predicted octanol–water partition coefficient (Wildman–Crippen LogP) is 4.19. The van der Waals surface area contributed by atoms with Crippen molar-refractivity contribution in [1.82, 2.24) is 0 Å². The molecule has 8 heteroatoms. The molecule has 0 atom stereocenters. The summed E-state index contributed by atoms with van der Waals surface area (Å²) in [6.07, 6.45) is 0. The quantitative estimate of drug-likeness (QED) is 0.530. The van der Waals surface area contributed by atoms with Gasteiger partial charge in [0.1, 0.15) is 0 Å². The summed E-state index contributed by atoms with van der Waals surface area (Å²) in [7, 11) is 1.60. The van der Waals surface area contributed by atoms with Gasteiger partial charge >= 0.3 is 0 Å². The van der Waals surface area contributed by atoms with Gasteiger partial charge in [-0.15, -0.1) is 11.3 Å². The number of amides is 2. The Labute approximate surface area is 159 Å². The largest absolute Gasteiger partial charge is 0.322 e. The summed E-state index contributed by atoms with van der Waals surface area (Å²) in [6, 6.07) is 15.9. The highest BCUT2D eigenvalue weighted by Gasteiger charge is 2.20. The molecule has 3 aromatic rings. The number of carbonyl (C=O) groups is 2. The molecule has 0 saturated carbocycles. The Balaban J connectivity index is 1.87. The summed E-state index contributed by atoms with van der Waals surface area (Å²) in [4.78, 5) is 37.6. The van der Waals surface area contributed by atoms with E-state index in [4.69, 9.17) is 0 Å². The number of hydrogen-bond donors (Lipinski definition) is 1.